The van der Waals surface area contributed by atoms with Crippen LogP contribution in [0.25, 0.3) is 10.6 Å². The lowest BCUT2D eigenvalue weighted by Crippen LogP contribution is -1.99. The average Bonchev–Trinajstić information content (AvgIpc) is 3.18. The predicted octanol–water partition coefficient (Wildman–Crippen LogP) is 3.82. The largest absolute Gasteiger partial charge is 0.381 e. The van der Waals surface area contributed by atoms with Crippen molar-refractivity contribution in [3.63, 3.8) is 0 Å². The van der Waals surface area contributed by atoms with Crippen LogP contribution >= 0.6 is 11.3 Å². The number of hydrogen-bond acceptors (Lipinski definition) is 4. The lowest BCUT2D eigenvalue weighted by molar-refractivity contribution is 1.10. The zero-order valence-corrected chi connectivity index (χ0v) is 12.2. The maximum absolute atomic E-state index is 8.66. The van der Waals surface area contributed by atoms with Crippen molar-refractivity contribution < 1.29 is 0 Å². The molecule has 0 aliphatic carbocycles. The van der Waals surface area contributed by atoms with E-state index in [0.29, 0.717) is 13.0 Å². The third-order valence-electron chi connectivity index (χ3n) is 3.21. The van der Waals surface area contributed by atoms with Gasteiger partial charge in [0.15, 0.2) is 0 Å². The van der Waals surface area contributed by atoms with Crippen LogP contribution in [0.1, 0.15) is 11.1 Å². The van der Waals surface area contributed by atoms with Crippen molar-refractivity contribution >= 4 is 17.0 Å². The van der Waals surface area contributed by atoms with Crippen LogP contribution in [0.15, 0.2) is 48.0 Å². The Labute approximate surface area is 127 Å². The summed E-state index contributed by atoms with van der Waals surface area (Å²) in [6, 6.07) is 14.2. The van der Waals surface area contributed by atoms with E-state index in [9.17, 15) is 0 Å². The van der Waals surface area contributed by atoms with Gasteiger partial charge in [-0.3, -0.25) is 5.10 Å². The van der Waals surface area contributed by atoms with Crippen molar-refractivity contribution in [2.75, 3.05) is 5.32 Å². The first-order valence-electron chi connectivity index (χ1n) is 6.62. The summed E-state index contributed by atoms with van der Waals surface area (Å²) in [6.07, 6.45) is 2.30. The normalized spacial score (nSPS) is 10.2. The Hall–Kier alpha value is -2.58. The van der Waals surface area contributed by atoms with Crippen LogP contribution in [0, 0.1) is 11.3 Å². The highest BCUT2D eigenvalue weighted by molar-refractivity contribution is 7.13. The summed E-state index contributed by atoms with van der Waals surface area (Å²) in [5.41, 5.74) is 4.28. The van der Waals surface area contributed by atoms with Gasteiger partial charge in [-0.2, -0.15) is 10.4 Å². The van der Waals surface area contributed by atoms with Crippen LogP contribution < -0.4 is 5.32 Å². The highest BCUT2D eigenvalue weighted by Crippen LogP contribution is 2.26. The zero-order valence-electron chi connectivity index (χ0n) is 11.3. The van der Waals surface area contributed by atoms with Gasteiger partial charge in [0.25, 0.3) is 0 Å². The van der Waals surface area contributed by atoms with Crippen molar-refractivity contribution in [1.29, 1.82) is 5.26 Å². The number of nitrogens with one attached hydrogen (secondary N) is 2. The first-order valence-corrected chi connectivity index (χ1v) is 7.50. The summed E-state index contributed by atoms with van der Waals surface area (Å²) in [4.78, 5) is 1.19. The molecule has 2 N–H and O–H groups in total. The van der Waals surface area contributed by atoms with Crippen LogP contribution in [0.2, 0.25) is 0 Å². The maximum atomic E-state index is 8.66. The van der Waals surface area contributed by atoms with Gasteiger partial charge in [-0.05, 0) is 29.1 Å². The lowest BCUT2D eigenvalue weighted by Gasteiger charge is -2.07. The van der Waals surface area contributed by atoms with Crippen molar-refractivity contribution in [3.05, 3.63) is 59.1 Å². The smallest absolute Gasteiger partial charge is 0.0799 e. The van der Waals surface area contributed by atoms with Crippen LogP contribution in [0.4, 0.5) is 5.69 Å². The average molecular weight is 294 g/mol. The van der Waals surface area contributed by atoms with E-state index >= 15 is 0 Å². The van der Waals surface area contributed by atoms with Crippen LogP contribution in [-0.2, 0) is 13.0 Å². The van der Waals surface area contributed by atoms with Gasteiger partial charge in [0.1, 0.15) is 0 Å². The van der Waals surface area contributed by atoms with Crippen LogP contribution in [0.5, 0.6) is 0 Å². The summed E-state index contributed by atoms with van der Waals surface area (Å²) in [6.45, 7) is 0.710. The second-order valence-corrected chi connectivity index (χ2v) is 5.58. The summed E-state index contributed by atoms with van der Waals surface area (Å²) in [7, 11) is 0. The highest BCUT2D eigenvalue weighted by atomic mass is 32.1. The van der Waals surface area contributed by atoms with Gasteiger partial charge < -0.3 is 5.32 Å². The molecule has 0 saturated carbocycles. The number of aromatic nitrogens is 2. The highest BCUT2D eigenvalue weighted by Gasteiger charge is 2.08. The van der Waals surface area contributed by atoms with Gasteiger partial charge in [0.05, 0.1) is 29.3 Å². The molecule has 0 fully saturated rings. The zero-order chi connectivity index (χ0) is 14.5. The van der Waals surface area contributed by atoms with Gasteiger partial charge in [-0.1, -0.05) is 18.2 Å². The van der Waals surface area contributed by atoms with Crippen molar-refractivity contribution in [2.24, 2.45) is 0 Å². The number of aromatic amines is 1. The Morgan fingerprint density at radius 2 is 2.10 bits per heavy atom. The molecule has 4 nitrogen and oxygen atoms in total. The molecule has 1 aromatic carbocycles. The second kappa shape index (κ2) is 6.25. The monoisotopic (exact) mass is 294 g/mol. The van der Waals surface area contributed by atoms with E-state index in [1.165, 1.54) is 4.88 Å². The van der Waals surface area contributed by atoms with Crippen molar-refractivity contribution in [1.82, 2.24) is 10.2 Å². The maximum Gasteiger partial charge on any atom is 0.0799 e. The van der Waals surface area contributed by atoms with Gasteiger partial charge in [-0.25, -0.2) is 0 Å². The number of hydrogen-bond donors (Lipinski definition) is 2. The molecule has 0 radical (unpaired) electrons. The molecule has 0 aliphatic heterocycles. The first-order chi connectivity index (χ1) is 10.4. The Morgan fingerprint density at radius 1 is 1.24 bits per heavy atom. The molecular weight excluding hydrogens is 280 g/mol. The number of nitrogens with zero attached hydrogens (tertiary/aromatic N) is 2. The van der Waals surface area contributed by atoms with E-state index in [-0.39, 0.29) is 0 Å². The number of H-pyrrole nitrogens is 1. The summed E-state index contributed by atoms with van der Waals surface area (Å²) < 4.78 is 0. The number of anilines is 1. The molecule has 21 heavy (non-hydrogen) atoms. The van der Waals surface area contributed by atoms with Gasteiger partial charge in [0.2, 0.25) is 0 Å². The summed E-state index contributed by atoms with van der Waals surface area (Å²) in [5.74, 6) is 0. The number of thiophene rings is 1. The Balaban J connectivity index is 1.68. The third kappa shape index (κ3) is 3.12. The van der Waals surface area contributed by atoms with Gasteiger partial charge in [-0.15, -0.1) is 11.3 Å². The molecule has 0 unspecified atom stereocenters. The standard InChI is InChI=1S/C16H14N4S/c17-8-7-12-3-5-14(6-4-12)18-10-13-11-19-20-16(13)15-2-1-9-21-15/h1-6,9,11,18H,7,10H2,(H,19,20). The van der Waals surface area contributed by atoms with E-state index in [0.717, 1.165) is 22.5 Å². The van der Waals surface area contributed by atoms with Gasteiger partial charge in [0, 0.05) is 17.8 Å². The number of benzene rings is 1. The number of rotatable bonds is 5. The van der Waals surface area contributed by atoms with Crippen LogP contribution in [0.3, 0.4) is 0 Å². The quantitative estimate of drug-likeness (QED) is 0.752. The molecule has 0 spiro atoms. The fourth-order valence-electron chi connectivity index (χ4n) is 2.11. The predicted molar refractivity (Wildman–Crippen MR) is 85.0 cm³/mol. The van der Waals surface area contributed by atoms with E-state index in [4.69, 9.17) is 5.26 Å². The molecule has 0 amide bonds. The fraction of sp³-hybridized carbons (Fsp3) is 0.125. The van der Waals surface area contributed by atoms with E-state index in [1.807, 2.05) is 36.5 Å². The fourth-order valence-corrected chi connectivity index (χ4v) is 2.86. The van der Waals surface area contributed by atoms with Crippen LogP contribution in [-0.4, -0.2) is 10.2 Å². The van der Waals surface area contributed by atoms with Crippen molar-refractivity contribution in [2.45, 2.75) is 13.0 Å². The molecule has 2 aromatic heterocycles. The molecule has 0 aliphatic rings. The molecule has 3 aromatic rings. The third-order valence-corrected chi connectivity index (χ3v) is 4.09. The second-order valence-electron chi connectivity index (χ2n) is 4.63. The van der Waals surface area contributed by atoms with Gasteiger partial charge >= 0.3 is 0 Å². The Bertz CT molecular complexity index is 735. The minimum absolute atomic E-state index is 0.449. The molecular formula is C16H14N4S. The molecule has 3 rings (SSSR count). The molecule has 0 bridgehead atoms. The summed E-state index contributed by atoms with van der Waals surface area (Å²) in [5, 5.41) is 21.3. The minimum atomic E-state index is 0.449. The number of nitriles is 1. The molecule has 0 atom stereocenters. The molecule has 0 saturated heterocycles. The Morgan fingerprint density at radius 3 is 2.81 bits per heavy atom. The SMILES string of the molecule is N#CCc1ccc(NCc2cn[nH]c2-c2cccs2)cc1. The van der Waals surface area contributed by atoms with E-state index < -0.39 is 0 Å². The van der Waals surface area contributed by atoms with E-state index in [1.54, 1.807) is 11.3 Å². The first kappa shape index (κ1) is 13.4. The van der Waals surface area contributed by atoms with E-state index in [2.05, 4.69) is 33.0 Å². The minimum Gasteiger partial charge on any atom is -0.381 e. The lowest BCUT2D eigenvalue weighted by atomic mass is 10.1. The topological polar surface area (TPSA) is 64.5 Å². The molecule has 5 heteroatoms. The Kier molecular flexibility index (Phi) is 3.99. The van der Waals surface area contributed by atoms with Crippen molar-refractivity contribution in [3.8, 4) is 16.6 Å². The summed E-state index contributed by atoms with van der Waals surface area (Å²) >= 11 is 1.69. The molecule has 104 valence electrons. The molecule has 2 heterocycles.